The van der Waals surface area contributed by atoms with Gasteiger partial charge in [0.15, 0.2) is 0 Å². The van der Waals surface area contributed by atoms with Crippen LogP contribution in [0.3, 0.4) is 0 Å². The predicted octanol–water partition coefficient (Wildman–Crippen LogP) is 8.10. The molecule has 6 aliphatic heterocycles. The molecule has 9 N–H and O–H groups in total. The third kappa shape index (κ3) is 19.5. The van der Waals surface area contributed by atoms with Gasteiger partial charge >= 0.3 is 35.4 Å². The van der Waals surface area contributed by atoms with Crippen LogP contribution >= 0.6 is 0 Å². The monoisotopic (exact) mass is 1440 g/mol. The summed E-state index contributed by atoms with van der Waals surface area (Å²) in [5.41, 5.74) is 24.4. The minimum Gasteiger partial charge on any atom is -0.383 e. The van der Waals surface area contributed by atoms with Crippen molar-refractivity contribution >= 4 is 87.4 Å². The van der Waals surface area contributed by atoms with E-state index in [-0.39, 0.29) is 18.1 Å². The van der Waals surface area contributed by atoms with E-state index in [1.54, 1.807) is 32.9 Å². The van der Waals surface area contributed by atoms with E-state index in [0.29, 0.717) is 109 Å². The Morgan fingerprint density at radius 1 is 0.371 bits per heavy atom. The fourth-order valence-corrected chi connectivity index (χ4v) is 15.5. The molecule has 1 unspecified atom stereocenters. The number of aryl methyl sites for hydroxylation is 3. The number of likely N-dealkylation sites (tertiary alicyclic amines) is 3. The van der Waals surface area contributed by atoms with Gasteiger partial charge in [0.05, 0.1) is 53.8 Å². The van der Waals surface area contributed by atoms with E-state index in [0.717, 1.165) is 148 Å². The lowest BCUT2D eigenvalue weighted by molar-refractivity contribution is -0.146. The first-order valence-electron chi connectivity index (χ1n) is 37.6. The van der Waals surface area contributed by atoms with Crippen LogP contribution in [-0.4, -0.2) is 213 Å². The smallest absolute Gasteiger partial charge is 0.313 e. The predicted molar refractivity (Wildman–Crippen MR) is 414 cm³/mol. The van der Waals surface area contributed by atoms with Crippen molar-refractivity contribution in [2.45, 2.75) is 156 Å². The van der Waals surface area contributed by atoms with Crippen LogP contribution in [0.1, 0.15) is 152 Å². The maximum atomic E-state index is 13.3. The molecule has 105 heavy (non-hydrogen) atoms. The van der Waals surface area contributed by atoms with E-state index in [9.17, 15) is 28.8 Å². The highest BCUT2D eigenvalue weighted by Gasteiger charge is 2.39. The summed E-state index contributed by atoms with van der Waals surface area (Å²) in [4.78, 5) is 124. The standard InChI is InChI=1S/3C26H37N7O2/c3*1-5-19-12-21(14-29-24(19)27)30-25(34)26(35)33-15-17(2)6-8-22(33)20-7-9-23(28-13-20)32-11-10-31(4)16-18(32)3/h3*7,9,12-14,17-18,22H,5-6,8,10-11,15-16H2,1-4H3,(H2,27,29)(H,30,34)/t17-,18?,22+;17-,18+,22+;17-,18-,22+/m000/s1. The molecule has 6 amide bonds. The number of carbonyl (C=O) groups is 6. The van der Waals surface area contributed by atoms with Crippen molar-refractivity contribution in [3.05, 3.63) is 125 Å². The maximum absolute atomic E-state index is 13.3. The Morgan fingerprint density at radius 2 is 0.638 bits per heavy atom. The summed E-state index contributed by atoms with van der Waals surface area (Å²) in [6.45, 7) is 29.4. The molecule has 9 atom stereocenters. The second kappa shape index (κ2) is 35.5. The number of piperazine rings is 3. The van der Waals surface area contributed by atoms with Gasteiger partial charge in [-0.3, -0.25) is 28.8 Å². The summed E-state index contributed by atoms with van der Waals surface area (Å²) >= 11 is 0. The van der Waals surface area contributed by atoms with Crippen molar-refractivity contribution in [3.8, 4) is 0 Å². The molecular weight excluding hydrogens is 1330 g/mol. The Hall–Kier alpha value is -9.60. The lowest BCUT2D eigenvalue weighted by atomic mass is 9.90. The van der Waals surface area contributed by atoms with Crippen LogP contribution in [0.25, 0.3) is 0 Å². The minimum absolute atomic E-state index is 0.174. The van der Waals surface area contributed by atoms with Crippen LogP contribution in [0.5, 0.6) is 0 Å². The Kier molecular flexibility index (Phi) is 26.3. The van der Waals surface area contributed by atoms with Gasteiger partial charge < -0.3 is 77.3 Å². The van der Waals surface area contributed by atoms with E-state index in [1.807, 2.05) is 57.6 Å². The van der Waals surface area contributed by atoms with Gasteiger partial charge in [0.2, 0.25) is 0 Å². The number of carbonyl (C=O) groups excluding carboxylic acids is 6. The molecule has 0 radical (unpaired) electrons. The molecule has 0 aromatic carbocycles. The Balaban J connectivity index is 0.000000169. The molecule has 6 aromatic rings. The van der Waals surface area contributed by atoms with Crippen LogP contribution < -0.4 is 47.9 Å². The largest absolute Gasteiger partial charge is 0.383 e. The molecule has 6 aliphatic rings. The van der Waals surface area contributed by atoms with Crippen LogP contribution in [0.4, 0.5) is 52.0 Å². The molecule has 0 saturated carbocycles. The summed E-state index contributed by atoms with van der Waals surface area (Å²) in [6.07, 6.45) is 17.5. The number of amides is 6. The van der Waals surface area contributed by atoms with Gasteiger partial charge in [0.25, 0.3) is 0 Å². The zero-order chi connectivity index (χ0) is 75.3. The number of piperidine rings is 3. The first kappa shape index (κ1) is 78.0. The van der Waals surface area contributed by atoms with E-state index in [4.69, 9.17) is 32.2 Å². The molecular formula is C78H111N21O6. The fraction of sp³-hybridized carbons (Fsp3) is 0.538. The summed E-state index contributed by atoms with van der Waals surface area (Å²) in [6, 6.07) is 18.3. The lowest BCUT2D eigenvalue weighted by Crippen LogP contribution is -2.50. The molecule has 12 rings (SSSR count). The number of hydrogen-bond acceptors (Lipinski definition) is 21. The summed E-state index contributed by atoms with van der Waals surface area (Å²) in [5, 5.41) is 8.14. The van der Waals surface area contributed by atoms with E-state index in [1.165, 1.54) is 18.6 Å². The first-order chi connectivity index (χ1) is 50.3. The molecule has 12 heterocycles. The van der Waals surface area contributed by atoms with Crippen LogP contribution in [0, 0.1) is 17.8 Å². The molecule has 6 aromatic heterocycles. The zero-order valence-corrected chi connectivity index (χ0v) is 63.6. The van der Waals surface area contributed by atoms with Crippen molar-refractivity contribution in [1.29, 1.82) is 0 Å². The minimum atomic E-state index is -0.659. The number of nitrogen functional groups attached to an aromatic ring is 3. The first-order valence-corrected chi connectivity index (χ1v) is 37.6. The fourth-order valence-electron chi connectivity index (χ4n) is 15.5. The number of hydrogen-bond donors (Lipinski definition) is 6. The van der Waals surface area contributed by atoms with E-state index < -0.39 is 35.4 Å². The third-order valence-electron chi connectivity index (χ3n) is 21.6. The number of likely N-dealkylation sites (N-methyl/N-ethyl adjacent to an activating group) is 3. The van der Waals surface area contributed by atoms with Gasteiger partial charge in [0, 0.05) is 115 Å². The Morgan fingerprint density at radius 3 is 0.867 bits per heavy atom. The SMILES string of the molecule is CCc1cc(NC(=O)C(=O)N2C[C@@H](C)CC[C@@H]2c2ccc(N3CCN(C)CC3C)nc2)cnc1N.CCc1cc(NC(=O)C(=O)N2C[C@@H](C)CC[C@@H]2c2ccc(N3CCN(C)C[C@@H]3C)nc2)cnc1N.CCc1cc(NC(=O)C(=O)N2C[C@@H](C)CC[C@@H]2c2ccc(N3CCN(C)C[C@H]3C)nc2)cnc1N. The van der Waals surface area contributed by atoms with Gasteiger partial charge in [-0.25, -0.2) is 29.9 Å². The Labute approximate surface area is 619 Å². The number of pyridine rings is 6. The van der Waals surface area contributed by atoms with Crippen molar-refractivity contribution < 1.29 is 28.8 Å². The topological polar surface area (TPSA) is 323 Å². The number of nitrogens with two attached hydrogens (primary N) is 3. The molecule has 27 nitrogen and oxygen atoms in total. The molecule has 6 fully saturated rings. The van der Waals surface area contributed by atoms with Crippen LogP contribution in [0.15, 0.2) is 91.8 Å². The van der Waals surface area contributed by atoms with Crippen molar-refractivity contribution in [2.75, 3.05) is 148 Å². The quantitative estimate of drug-likeness (QED) is 0.0630. The summed E-state index contributed by atoms with van der Waals surface area (Å²) in [7, 11) is 6.42. The average molecular weight is 1440 g/mol. The van der Waals surface area contributed by atoms with Crippen molar-refractivity contribution in [1.82, 2.24) is 59.3 Å². The zero-order valence-electron chi connectivity index (χ0n) is 63.6. The molecule has 0 spiro atoms. The highest BCUT2D eigenvalue weighted by molar-refractivity contribution is 6.40. The molecule has 27 heteroatoms. The maximum Gasteiger partial charge on any atom is 0.313 e. The number of nitrogens with one attached hydrogen (secondary N) is 3. The average Bonchev–Trinajstić information content (AvgIpc) is 0.804. The number of nitrogens with zero attached hydrogens (tertiary/aromatic N) is 15. The van der Waals surface area contributed by atoms with Crippen molar-refractivity contribution in [2.24, 2.45) is 17.8 Å². The lowest BCUT2D eigenvalue weighted by Gasteiger charge is -2.40. The van der Waals surface area contributed by atoms with Gasteiger partial charge in [0.1, 0.15) is 34.9 Å². The summed E-state index contributed by atoms with van der Waals surface area (Å²) in [5.74, 6) is 1.57. The van der Waals surface area contributed by atoms with Gasteiger partial charge in [-0.1, -0.05) is 59.7 Å². The third-order valence-corrected chi connectivity index (χ3v) is 21.6. The number of anilines is 9. The molecule has 564 valence electrons. The molecule has 0 aliphatic carbocycles. The number of rotatable bonds is 12. The van der Waals surface area contributed by atoms with Gasteiger partial charge in [-0.2, -0.15) is 0 Å². The van der Waals surface area contributed by atoms with Gasteiger partial charge in [-0.05, 0) is 187 Å². The van der Waals surface area contributed by atoms with E-state index >= 15 is 0 Å². The second-order valence-electron chi connectivity index (χ2n) is 30.0. The molecule has 0 bridgehead atoms. The normalized spacial score (nSPS) is 23.3. The second-order valence-corrected chi connectivity index (χ2v) is 30.0. The van der Waals surface area contributed by atoms with E-state index in [2.05, 4.69) is 141 Å². The van der Waals surface area contributed by atoms with Crippen molar-refractivity contribution in [3.63, 3.8) is 0 Å². The Bertz CT molecular complexity index is 3580. The van der Waals surface area contributed by atoms with Gasteiger partial charge in [-0.15, -0.1) is 0 Å². The highest BCUT2D eigenvalue weighted by atomic mass is 16.2. The number of aromatic nitrogens is 6. The molecule has 6 saturated heterocycles. The van der Waals surface area contributed by atoms with Crippen LogP contribution in [-0.2, 0) is 48.0 Å². The highest BCUT2D eigenvalue weighted by Crippen LogP contribution is 2.38. The summed E-state index contributed by atoms with van der Waals surface area (Å²) < 4.78 is 0. The van der Waals surface area contributed by atoms with Crippen LogP contribution in [0.2, 0.25) is 0 Å².